The Hall–Kier alpha value is -1.84. The van der Waals surface area contributed by atoms with Crippen molar-refractivity contribution in [3.63, 3.8) is 0 Å². The average molecular weight is 317 g/mol. The summed E-state index contributed by atoms with van der Waals surface area (Å²) < 4.78 is 0. The van der Waals surface area contributed by atoms with Crippen LogP contribution in [0.1, 0.15) is 11.1 Å². The zero-order valence-corrected chi connectivity index (χ0v) is 13.5. The highest BCUT2D eigenvalue weighted by Gasteiger charge is 2.08. The fraction of sp³-hybridized carbons (Fsp3) is 0.278. The van der Waals surface area contributed by atoms with Crippen LogP contribution in [-0.2, 0) is 17.8 Å². The highest BCUT2D eigenvalue weighted by Crippen LogP contribution is 2.10. The minimum Gasteiger partial charge on any atom is -0.340 e. The first-order chi connectivity index (χ1) is 10.6. The van der Waals surface area contributed by atoms with Crippen molar-refractivity contribution in [1.82, 2.24) is 10.2 Å². The van der Waals surface area contributed by atoms with Gasteiger partial charge in [0, 0.05) is 18.6 Å². The topological polar surface area (TPSA) is 32.3 Å². The molecule has 2 aromatic carbocycles. The number of amides is 1. The van der Waals surface area contributed by atoms with E-state index in [0.717, 1.165) is 23.6 Å². The maximum Gasteiger partial charge on any atom is 0.236 e. The molecular weight excluding hydrogens is 296 g/mol. The Bertz CT molecular complexity index is 601. The van der Waals surface area contributed by atoms with Gasteiger partial charge >= 0.3 is 0 Å². The van der Waals surface area contributed by atoms with E-state index in [1.165, 1.54) is 5.56 Å². The Morgan fingerprint density at radius 2 is 1.82 bits per heavy atom. The summed E-state index contributed by atoms with van der Waals surface area (Å²) in [4.78, 5) is 13.8. The van der Waals surface area contributed by atoms with Crippen molar-refractivity contribution in [1.29, 1.82) is 0 Å². The van der Waals surface area contributed by atoms with E-state index in [-0.39, 0.29) is 5.91 Å². The lowest BCUT2D eigenvalue weighted by atomic mass is 10.1. The Morgan fingerprint density at radius 3 is 2.55 bits per heavy atom. The number of carbonyl (C=O) groups excluding carboxylic acids is 1. The van der Waals surface area contributed by atoms with Gasteiger partial charge in [0.15, 0.2) is 0 Å². The zero-order chi connectivity index (χ0) is 15.8. The molecule has 0 aromatic heterocycles. The number of halogens is 1. The lowest BCUT2D eigenvalue weighted by Crippen LogP contribution is -2.35. The molecule has 0 saturated carbocycles. The number of rotatable bonds is 7. The van der Waals surface area contributed by atoms with Gasteiger partial charge in [0.25, 0.3) is 0 Å². The monoisotopic (exact) mass is 316 g/mol. The number of hydrogen-bond donors (Lipinski definition) is 1. The molecule has 0 saturated heterocycles. The highest BCUT2D eigenvalue weighted by atomic mass is 35.5. The molecule has 0 radical (unpaired) electrons. The molecule has 2 aromatic rings. The fourth-order valence-electron chi connectivity index (χ4n) is 2.20. The predicted molar refractivity (Wildman–Crippen MR) is 90.9 cm³/mol. The van der Waals surface area contributed by atoms with E-state index in [9.17, 15) is 4.79 Å². The first-order valence-electron chi connectivity index (χ1n) is 7.38. The fourth-order valence-corrected chi connectivity index (χ4v) is 2.41. The van der Waals surface area contributed by atoms with Crippen molar-refractivity contribution in [3.8, 4) is 0 Å². The maximum absolute atomic E-state index is 12.1. The smallest absolute Gasteiger partial charge is 0.236 e. The summed E-state index contributed by atoms with van der Waals surface area (Å²) in [5, 5.41) is 3.93. The standard InChI is InChI=1S/C18H21ClN2O/c1-21(14-16-6-3-2-4-7-16)18(22)13-20-11-10-15-8-5-9-17(19)12-15/h2-9,12,20H,10-11,13-14H2,1H3. The summed E-state index contributed by atoms with van der Waals surface area (Å²) in [7, 11) is 1.83. The van der Waals surface area contributed by atoms with Gasteiger partial charge in [0.2, 0.25) is 5.91 Å². The zero-order valence-electron chi connectivity index (χ0n) is 12.8. The van der Waals surface area contributed by atoms with E-state index < -0.39 is 0 Å². The molecule has 1 N–H and O–H groups in total. The van der Waals surface area contributed by atoms with Gasteiger partial charge in [-0.25, -0.2) is 0 Å². The van der Waals surface area contributed by atoms with Gasteiger partial charge in [-0.3, -0.25) is 4.79 Å². The first kappa shape index (κ1) is 16.5. The molecule has 22 heavy (non-hydrogen) atoms. The van der Waals surface area contributed by atoms with Crippen LogP contribution in [0.15, 0.2) is 54.6 Å². The molecule has 0 aliphatic heterocycles. The number of nitrogens with one attached hydrogen (secondary N) is 1. The second-order valence-electron chi connectivity index (χ2n) is 5.29. The van der Waals surface area contributed by atoms with Crippen LogP contribution in [0.4, 0.5) is 0 Å². The van der Waals surface area contributed by atoms with Crippen molar-refractivity contribution in [2.24, 2.45) is 0 Å². The van der Waals surface area contributed by atoms with Crippen LogP contribution in [0.3, 0.4) is 0 Å². The van der Waals surface area contributed by atoms with Gasteiger partial charge in [-0.05, 0) is 36.2 Å². The van der Waals surface area contributed by atoms with E-state index in [4.69, 9.17) is 11.6 Å². The maximum atomic E-state index is 12.1. The molecule has 0 aliphatic rings. The van der Waals surface area contributed by atoms with Crippen LogP contribution in [-0.4, -0.2) is 30.9 Å². The largest absolute Gasteiger partial charge is 0.340 e. The number of carbonyl (C=O) groups is 1. The number of hydrogen-bond acceptors (Lipinski definition) is 2. The van der Waals surface area contributed by atoms with Crippen LogP contribution in [0, 0.1) is 0 Å². The third kappa shape index (κ3) is 5.51. The molecular formula is C18H21ClN2O. The molecule has 2 rings (SSSR count). The molecule has 0 atom stereocenters. The SMILES string of the molecule is CN(Cc1ccccc1)C(=O)CNCCc1cccc(Cl)c1. The summed E-state index contributed by atoms with van der Waals surface area (Å²) >= 11 is 5.95. The van der Waals surface area contributed by atoms with Crippen LogP contribution in [0.2, 0.25) is 5.02 Å². The van der Waals surface area contributed by atoms with Gasteiger partial charge in [-0.2, -0.15) is 0 Å². The Kier molecular flexibility index (Phi) is 6.44. The number of likely N-dealkylation sites (N-methyl/N-ethyl adjacent to an activating group) is 1. The van der Waals surface area contributed by atoms with Crippen molar-refractivity contribution in [2.45, 2.75) is 13.0 Å². The summed E-state index contributed by atoms with van der Waals surface area (Å²) in [5.74, 6) is 0.0925. The third-order valence-electron chi connectivity index (χ3n) is 3.44. The Morgan fingerprint density at radius 1 is 1.09 bits per heavy atom. The van der Waals surface area contributed by atoms with E-state index in [2.05, 4.69) is 5.32 Å². The van der Waals surface area contributed by atoms with Crippen molar-refractivity contribution in [3.05, 3.63) is 70.7 Å². The van der Waals surface area contributed by atoms with E-state index in [1.54, 1.807) is 4.90 Å². The van der Waals surface area contributed by atoms with Crippen molar-refractivity contribution < 1.29 is 4.79 Å². The van der Waals surface area contributed by atoms with Gasteiger partial charge in [-0.1, -0.05) is 54.1 Å². The summed E-state index contributed by atoms with van der Waals surface area (Å²) in [6.07, 6.45) is 0.857. The van der Waals surface area contributed by atoms with Crippen LogP contribution in [0.25, 0.3) is 0 Å². The van der Waals surface area contributed by atoms with Crippen LogP contribution >= 0.6 is 11.6 Å². The van der Waals surface area contributed by atoms with Gasteiger partial charge in [-0.15, -0.1) is 0 Å². The molecule has 0 bridgehead atoms. The molecule has 0 heterocycles. The molecule has 1 amide bonds. The highest BCUT2D eigenvalue weighted by molar-refractivity contribution is 6.30. The molecule has 0 aliphatic carbocycles. The lowest BCUT2D eigenvalue weighted by molar-refractivity contribution is -0.129. The summed E-state index contributed by atoms with van der Waals surface area (Å²) in [5.41, 5.74) is 2.31. The minimum absolute atomic E-state index is 0.0925. The minimum atomic E-state index is 0.0925. The third-order valence-corrected chi connectivity index (χ3v) is 3.68. The molecule has 3 nitrogen and oxygen atoms in total. The molecule has 0 fully saturated rings. The summed E-state index contributed by atoms with van der Waals surface area (Å²) in [6.45, 7) is 1.74. The van der Waals surface area contributed by atoms with E-state index >= 15 is 0 Å². The average Bonchev–Trinajstić information content (AvgIpc) is 2.52. The first-order valence-corrected chi connectivity index (χ1v) is 7.76. The van der Waals surface area contributed by atoms with Crippen molar-refractivity contribution in [2.75, 3.05) is 20.1 Å². The second-order valence-corrected chi connectivity index (χ2v) is 5.73. The predicted octanol–water partition coefficient (Wildman–Crippen LogP) is 3.13. The molecule has 0 spiro atoms. The Balaban J connectivity index is 1.69. The molecule has 0 unspecified atom stereocenters. The lowest BCUT2D eigenvalue weighted by Gasteiger charge is -2.17. The van der Waals surface area contributed by atoms with Crippen LogP contribution < -0.4 is 5.32 Å². The van der Waals surface area contributed by atoms with Crippen molar-refractivity contribution >= 4 is 17.5 Å². The second kappa shape index (κ2) is 8.57. The number of nitrogens with zero attached hydrogens (tertiary/aromatic N) is 1. The number of benzene rings is 2. The Labute approximate surface area is 136 Å². The van der Waals surface area contributed by atoms with E-state index in [1.807, 2.05) is 61.6 Å². The molecule has 116 valence electrons. The van der Waals surface area contributed by atoms with Crippen LogP contribution in [0.5, 0.6) is 0 Å². The van der Waals surface area contributed by atoms with Gasteiger partial charge in [0.05, 0.1) is 6.54 Å². The van der Waals surface area contributed by atoms with Gasteiger partial charge in [0.1, 0.15) is 0 Å². The van der Waals surface area contributed by atoms with E-state index in [0.29, 0.717) is 13.1 Å². The molecule has 4 heteroatoms. The van der Waals surface area contributed by atoms with Gasteiger partial charge < -0.3 is 10.2 Å². The summed E-state index contributed by atoms with van der Waals surface area (Å²) in [6, 6.07) is 17.8. The quantitative estimate of drug-likeness (QED) is 0.796. The normalized spacial score (nSPS) is 10.5.